The summed E-state index contributed by atoms with van der Waals surface area (Å²) in [4.78, 5) is 12.2. The fourth-order valence-corrected chi connectivity index (χ4v) is 3.39. The van der Waals surface area contributed by atoms with Gasteiger partial charge in [-0.25, -0.2) is 8.42 Å². The molecular formula is C20H26N2O4S. The number of para-hydroxylation sites is 1. The summed E-state index contributed by atoms with van der Waals surface area (Å²) in [6, 6.07) is 14.5. The number of nitrogens with two attached hydrogens (primary N) is 1. The molecule has 0 saturated heterocycles. The van der Waals surface area contributed by atoms with E-state index in [4.69, 9.17) is 10.5 Å². The number of nitrogens with one attached hydrogen (secondary N) is 1. The first kappa shape index (κ1) is 20.9. The minimum atomic E-state index is -3.14. The molecule has 0 aliphatic heterocycles. The van der Waals surface area contributed by atoms with Gasteiger partial charge >= 0.3 is 0 Å². The smallest absolute Gasteiger partial charge is 0.237 e. The normalized spacial score (nSPS) is 13.6. The Labute approximate surface area is 160 Å². The minimum Gasteiger partial charge on any atom is -0.496 e. The SMILES string of the molecule is COc1ccccc1-c1ccc(C(C)NC(=O)C(N)CCS(C)(=O)=O)cc1. The van der Waals surface area contributed by atoms with E-state index < -0.39 is 15.9 Å². The molecule has 2 unspecified atom stereocenters. The molecule has 3 N–H and O–H groups in total. The zero-order valence-electron chi connectivity index (χ0n) is 15.8. The number of methoxy groups -OCH3 is 1. The van der Waals surface area contributed by atoms with Crippen molar-refractivity contribution in [2.75, 3.05) is 19.1 Å². The highest BCUT2D eigenvalue weighted by Crippen LogP contribution is 2.30. The van der Waals surface area contributed by atoms with Crippen molar-refractivity contribution in [3.05, 3.63) is 54.1 Å². The van der Waals surface area contributed by atoms with E-state index in [-0.39, 0.29) is 24.1 Å². The molecule has 0 spiro atoms. The number of hydrogen-bond acceptors (Lipinski definition) is 5. The Bertz CT molecular complexity index is 879. The van der Waals surface area contributed by atoms with Crippen LogP contribution in [0.2, 0.25) is 0 Å². The molecule has 0 radical (unpaired) electrons. The monoisotopic (exact) mass is 390 g/mol. The highest BCUT2D eigenvalue weighted by molar-refractivity contribution is 7.90. The molecule has 27 heavy (non-hydrogen) atoms. The Morgan fingerprint density at radius 1 is 1.15 bits per heavy atom. The summed E-state index contributed by atoms with van der Waals surface area (Å²) >= 11 is 0. The second-order valence-electron chi connectivity index (χ2n) is 6.58. The summed E-state index contributed by atoms with van der Waals surface area (Å²) in [5.74, 6) is 0.326. The van der Waals surface area contributed by atoms with Gasteiger partial charge in [0, 0.05) is 11.8 Å². The molecule has 0 aliphatic carbocycles. The predicted octanol–water partition coefficient (Wildman–Crippen LogP) is 2.30. The lowest BCUT2D eigenvalue weighted by Gasteiger charge is -2.18. The minimum absolute atomic E-state index is 0.101. The van der Waals surface area contributed by atoms with E-state index in [1.165, 1.54) is 0 Å². The van der Waals surface area contributed by atoms with Gasteiger partial charge in [0.25, 0.3) is 0 Å². The van der Waals surface area contributed by atoms with Crippen LogP contribution in [0.3, 0.4) is 0 Å². The van der Waals surface area contributed by atoms with Crippen molar-refractivity contribution in [3.63, 3.8) is 0 Å². The molecule has 7 heteroatoms. The second kappa shape index (κ2) is 9.01. The predicted molar refractivity (Wildman–Crippen MR) is 107 cm³/mol. The van der Waals surface area contributed by atoms with Gasteiger partial charge in [-0.3, -0.25) is 4.79 Å². The zero-order valence-corrected chi connectivity index (χ0v) is 16.6. The summed E-state index contributed by atoms with van der Waals surface area (Å²) in [6.07, 6.45) is 1.23. The first-order chi connectivity index (χ1) is 12.7. The third-order valence-corrected chi connectivity index (χ3v) is 5.30. The lowest BCUT2D eigenvalue weighted by atomic mass is 10.0. The summed E-state index contributed by atoms with van der Waals surface area (Å²) in [5, 5.41) is 2.83. The highest BCUT2D eigenvalue weighted by atomic mass is 32.2. The molecule has 146 valence electrons. The maximum absolute atomic E-state index is 12.2. The van der Waals surface area contributed by atoms with Crippen LogP contribution in [-0.4, -0.2) is 39.5 Å². The van der Waals surface area contributed by atoms with Crippen LogP contribution in [0.15, 0.2) is 48.5 Å². The number of carbonyl (C=O) groups excluding carboxylic acids is 1. The quantitative estimate of drug-likeness (QED) is 0.721. The van der Waals surface area contributed by atoms with E-state index in [0.29, 0.717) is 0 Å². The Hall–Kier alpha value is -2.38. The van der Waals surface area contributed by atoms with E-state index in [0.717, 1.165) is 28.7 Å². The Kier molecular flexibility index (Phi) is 6.98. The maximum atomic E-state index is 12.2. The standard InChI is InChI=1S/C20H26N2O4S/c1-14(22-20(23)18(21)12-13-27(3,24)25)15-8-10-16(11-9-15)17-6-4-5-7-19(17)26-2/h4-11,14,18H,12-13,21H2,1-3H3,(H,22,23). The third kappa shape index (κ3) is 6.08. The number of hydrogen-bond donors (Lipinski definition) is 2. The van der Waals surface area contributed by atoms with Gasteiger partial charge in [0.1, 0.15) is 15.6 Å². The highest BCUT2D eigenvalue weighted by Gasteiger charge is 2.18. The molecule has 2 atom stereocenters. The van der Waals surface area contributed by atoms with Crippen molar-refractivity contribution in [1.82, 2.24) is 5.32 Å². The molecule has 2 rings (SSSR count). The van der Waals surface area contributed by atoms with Gasteiger partial charge in [-0.2, -0.15) is 0 Å². The van der Waals surface area contributed by atoms with E-state index in [1.54, 1.807) is 7.11 Å². The Morgan fingerprint density at radius 3 is 2.37 bits per heavy atom. The summed E-state index contributed by atoms with van der Waals surface area (Å²) in [6.45, 7) is 1.86. The van der Waals surface area contributed by atoms with Crippen LogP contribution in [0.4, 0.5) is 0 Å². The molecule has 0 heterocycles. The number of amides is 1. The third-order valence-electron chi connectivity index (χ3n) is 4.32. The van der Waals surface area contributed by atoms with Gasteiger partial charge in [-0.1, -0.05) is 42.5 Å². The molecule has 6 nitrogen and oxygen atoms in total. The number of sulfone groups is 1. The second-order valence-corrected chi connectivity index (χ2v) is 8.84. The number of benzene rings is 2. The van der Waals surface area contributed by atoms with Gasteiger partial charge in [0.15, 0.2) is 0 Å². The number of rotatable bonds is 8. The molecular weight excluding hydrogens is 364 g/mol. The lowest BCUT2D eigenvalue weighted by molar-refractivity contribution is -0.123. The Balaban J connectivity index is 2.03. The van der Waals surface area contributed by atoms with Crippen molar-refractivity contribution < 1.29 is 17.9 Å². The van der Waals surface area contributed by atoms with Crippen molar-refractivity contribution in [2.24, 2.45) is 5.73 Å². The van der Waals surface area contributed by atoms with E-state index in [1.807, 2.05) is 55.5 Å². The molecule has 0 saturated carbocycles. The van der Waals surface area contributed by atoms with Crippen LogP contribution in [0.25, 0.3) is 11.1 Å². The van der Waals surface area contributed by atoms with Crippen LogP contribution >= 0.6 is 0 Å². The van der Waals surface area contributed by atoms with E-state index in [9.17, 15) is 13.2 Å². The largest absolute Gasteiger partial charge is 0.496 e. The first-order valence-corrected chi connectivity index (χ1v) is 10.7. The molecule has 0 aliphatic rings. The van der Waals surface area contributed by atoms with Gasteiger partial charge in [0.2, 0.25) is 5.91 Å². The van der Waals surface area contributed by atoms with E-state index in [2.05, 4.69) is 5.32 Å². The van der Waals surface area contributed by atoms with Crippen LogP contribution in [0.5, 0.6) is 5.75 Å². The molecule has 0 aromatic heterocycles. The van der Waals surface area contributed by atoms with Crippen molar-refractivity contribution in [1.29, 1.82) is 0 Å². The Morgan fingerprint density at radius 2 is 1.78 bits per heavy atom. The van der Waals surface area contributed by atoms with Gasteiger partial charge in [0.05, 0.1) is 24.9 Å². The topological polar surface area (TPSA) is 98.5 Å². The van der Waals surface area contributed by atoms with Crippen molar-refractivity contribution in [2.45, 2.75) is 25.4 Å². The zero-order chi connectivity index (χ0) is 20.0. The van der Waals surface area contributed by atoms with Crippen LogP contribution in [0.1, 0.15) is 24.9 Å². The van der Waals surface area contributed by atoms with Crippen LogP contribution < -0.4 is 15.8 Å². The average molecular weight is 391 g/mol. The number of carbonyl (C=O) groups is 1. The molecule has 0 bridgehead atoms. The first-order valence-electron chi connectivity index (χ1n) is 8.68. The lowest BCUT2D eigenvalue weighted by Crippen LogP contribution is -2.42. The molecule has 1 amide bonds. The van der Waals surface area contributed by atoms with Gasteiger partial charge in [-0.15, -0.1) is 0 Å². The van der Waals surface area contributed by atoms with Gasteiger partial charge < -0.3 is 15.8 Å². The number of ether oxygens (including phenoxy) is 1. The molecule has 2 aromatic rings. The fraction of sp³-hybridized carbons (Fsp3) is 0.350. The van der Waals surface area contributed by atoms with E-state index >= 15 is 0 Å². The molecule has 0 fully saturated rings. The summed E-state index contributed by atoms with van der Waals surface area (Å²) in [5.41, 5.74) is 8.73. The summed E-state index contributed by atoms with van der Waals surface area (Å²) < 4.78 is 27.8. The average Bonchev–Trinajstić information content (AvgIpc) is 2.65. The van der Waals surface area contributed by atoms with Crippen molar-refractivity contribution >= 4 is 15.7 Å². The maximum Gasteiger partial charge on any atom is 0.237 e. The van der Waals surface area contributed by atoms with Crippen molar-refractivity contribution in [3.8, 4) is 16.9 Å². The summed E-state index contributed by atoms with van der Waals surface area (Å²) in [7, 11) is -1.50. The van der Waals surface area contributed by atoms with Crippen LogP contribution in [-0.2, 0) is 14.6 Å². The van der Waals surface area contributed by atoms with Gasteiger partial charge in [-0.05, 0) is 30.5 Å². The fourth-order valence-electron chi connectivity index (χ4n) is 2.71. The molecule has 2 aromatic carbocycles. The van der Waals surface area contributed by atoms with Crippen LogP contribution in [0, 0.1) is 0 Å².